The number of rotatable bonds is 5. The Kier molecular flexibility index (Phi) is 5.52. The molecule has 2 N–H and O–H groups in total. The Labute approximate surface area is 123 Å². The van der Waals surface area contributed by atoms with Gasteiger partial charge in [-0.15, -0.1) is 0 Å². The summed E-state index contributed by atoms with van der Waals surface area (Å²) in [6, 6.07) is 4.27. The van der Waals surface area contributed by atoms with Crippen LogP contribution in [0.1, 0.15) is 31.4 Å². The number of halogens is 1. The monoisotopic (exact) mass is 297 g/mol. The van der Waals surface area contributed by atoms with E-state index in [1.807, 2.05) is 0 Å². The van der Waals surface area contributed by atoms with Crippen LogP contribution in [-0.4, -0.2) is 36.9 Å². The molecular formula is C15H20FNO4. The molecule has 1 aliphatic heterocycles. The van der Waals surface area contributed by atoms with Crippen molar-refractivity contribution in [3.63, 3.8) is 0 Å². The molecule has 0 radical (unpaired) electrons. The molecule has 21 heavy (non-hydrogen) atoms. The highest BCUT2D eigenvalue weighted by atomic mass is 19.1. The van der Waals surface area contributed by atoms with Gasteiger partial charge in [-0.25, -0.2) is 4.39 Å². The van der Waals surface area contributed by atoms with Crippen molar-refractivity contribution in [2.75, 3.05) is 19.8 Å². The van der Waals surface area contributed by atoms with Crippen molar-refractivity contribution in [3.8, 4) is 5.75 Å². The van der Waals surface area contributed by atoms with Crippen LogP contribution in [0.4, 0.5) is 4.39 Å². The van der Waals surface area contributed by atoms with Crippen molar-refractivity contribution in [2.45, 2.75) is 31.9 Å². The minimum absolute atomic E-state index is 0.115. The zero-order chi connectivity index (χ0) is 15.2. The van der Waals surface area contributed by atoms with Gasteiger partial charge >= 0.3 is 0 Å². The SMILES string of the molecule is C[C@@H](O)c1ccc(OCC(=O)NC2CCOCC2)cc1F. The van der Waals surface area contributed by atoms with E-state index in [1.54, 1.807) is 0 Å². The molecule has 0 aromatic heterocycles. The van der Waals surface area contributed by atoms with Gasteiger partial charge in [0.05, 0.1) is 6.10 Å². The van der Waals surface area contributed by atoms with E-state index in [-0.39, 0.29) is 29.9 Å². The van der Waals surface area contributed by atoms with Crippen LogP contribution in [-0.2, 0) is 9.53 Å². The van der Waals surface area contributed by atoms with Crippen molar-refractivity contribution in [3.05, 3.63) is 29.6 Å². The number of aliphatic hydroxyl groups is 1. The summed E-state index contributed by atoms with van der Waals surface area (Å²) in [5, 5.41) is 12.2. The first-order valence-corrected chi connectivity index (χ1v) is 7.03. The van der Waals surface area contributed by atoms with E-state index in [9.17, 15) is 14.3 Å². The number of amides is 1. The maximum Gasteiger partial charge on any atom is 0.258 e. The molecule has 1 aromatic rings. The molecule has 5 nitrogen and oxygen atoms in total. The van der Waals surface area contributed by atoms with E-state index in [4.69, 9.17) is 9.47 Å². The third-order valence-electron chi connectivity index (χ3n) is 3.38. The number of benzene rings is 1. The van der Waals surface area contributed by atoms with Crippen molar-refractivity contribution >= 4 is 5.91 Å². The number of carbonyl (C=O) groups excluding carboxylic acids is 1. The lowest BCUT2D eigenvalue weighted by Gasteiger charge is -2.23. The molecule has 1 heterocycles. The van der Waals surface area contributed by atoms with Crippen LogP contribution in [0, 0.1) is 5.82 Å². The van der Waals surface area contributed by atoms with Gasteiger partial charge in [0.1, 0.15) is 11.6 Å². The Morgan fingerprint density at radius 1 is 1.52 bits per heavy atom. The van der Waals surface area contributed by atoms with E-state index in [0.29, 0.717) is 13.2 Å². The Bertz CT molecular complexity index is 487. The summed E-state index contributed by atoms with van der Waals surface area (Å²) in [7, 11) is 0. The molecule has 1 aromatic carbocycles. The molecule has 1 aliphatic rings. The van der Waals surface area contributed by atoms with E-state index in [2.05, 4.69) is 5.32 Å². The quantitative estimate of drug-likeness (QED) is 0.865. The van der Waals surface area contributed by atoms with Gasteiger partial charge in [0.25, 0.3) is 5.91 Å². The lowest BCUT2D eigenvalue weighted by Crippen LogP contribution is -2.41. The summed E-state index contributed by atoms with van der Waals surface area (Å²) in [4.78, 5) is 11.7. The number of nitrogens with one attached hydrogen (secondary N) is 1. The highest BCUT2D eigenvalue weighted by Gasteiger charge is 2.16. The molecule has 1 atom stereocenters. The Hall–Kier alpha value is -1.66. The first-order valence-electron chi connectivity index (χ1n) is 7.03. The van der Waals surface area contributed by atoms with Crippen LogP contribution in [0.25, 0.3) is 0 Å². The van der Waals surface area contributed by atoms with Crippen LogP contribution < -0.4 is 10.1 Å². The highest BCUT2D eigenvalue weighted by Crippen LogP contribution is 2.21. The van der Waals surface area contributed by atoms with E-state index >= 15 is 0 Å². The predicted molar refractivity (Wildman–Crippen MR) is 74.5 cm³/mol. The Morgan fingerprint density at radius 3 is 2.86 bits per heavy atom. The second-order valence-corrected chi connectivity index (χ2v) is 5.10. The number of hydrogen-bond donors (Lipinski definition) is 2. The Balaban J connectivity index is 1.82. The summed E-state index contributed by atoms with van der Waals surface area (Å²) in [6.07, 6.45) is 0.711. The molecule has 0 bridgehead atoms. The maximum absolute atomic E-state index is 13.6. The standard InChI is InChI=1S/C15H20FNO4/c1-10(18)13-3-2-12(8-14(13)16)21-9-15(19)17-11-4-6-20-7-5-11/h2-3,8,10-11,18H,4-7,9H2,1H3,(H,17,19)/t10-/m1/s1. The highest BCUT2D eigenvalue weighted by molar-refractivity contribution is 5.77. The molecule has 2 rings (SSSR count). The average Bonchev–Trinajstić information content (AvgIpc) is 2.46. The summed E-state index contributed by atoms with van der Waals surface area (Å²) in [5.74, 6) is -0.520. The minimum Gasteiger partial charge on any atom is -0.484 e. The summed E-state index contributed by atoms with van der Waals surface area (Å²) in [6.45, 7) is 2.63. The molecule has 1 fully saturated rings. The lowest BCUT2D eigenvalue weighted by atomic mass is 10.1. The molecule has 116 valence electrons. The van der Waals surface area contributed by atoms with Crippen LogP contribution in [0.15, 0.2) is 18.2 Å². The summed E-state index contributed by atoms with van der Waals surface area (Å²) in [5.41, 5.74) is 0.203. The van der Waals surface area contributed by atoms with Crippen molar-refractivity contribution in [1.82, 2.24) is 5.32 Å². The van der Waals surface area contributed by atoms with E-state index < -0.39 is 11.9 Å². The fraction of sp³-hybridized carbons (Fsp3) is 0.533. The normalized spacial score (nSPS) is 17.3. The Morgan fingerprint density at radius 2 is 2.24 bits per heavy atom. The molecular weight excluding hydrogens is 277 g/mol. The molecule has 1 amide bonds. The van der Waals surface area contributed by atoms with Crippen LogP contribution in [0.3, 0.4) is 0 Å². The molecule has 1 saturated heterocycles. The van der Waals surface area contributed by atoms with Gasteiger partial charge in [-0.1, -0.05) is 0 Å². The van der Waals surface area contributed by atoms with Gasteiger partial charge in [-0.2, -0.15) is 0 Å². The topological polar surface area (TPSA) is 67.8 Å². The first-order chi connectivity index (χ1) is 10.1. The molecule has 0 spiro atoms. The first kappa shape index (κ1) is 15.7. The molecule has 0 aliphatic carbocycles. The number of carbonyl (C=O) groups is 1. The summed E-state index contributed by atoms with van der Waals surface area (Å²) < 4.78 is 24.1. The van der Waals surface area contributed by atoms with Crippen LogP contribution in [0.5, 0.6) is 5.75 Å². The van der Waals surface area contributed by atoms with Crippen molar-refractivity contribution in [1.29, 1.82) is 0 Å². The van der Waals surface area contributed by atoms with Gasteiger partial charge < -0.3 is 19.9 Å². The van der Waals surface area contributed by atoms with Crippen molar-refractivity contribution in [2.24, 2.45) is 0 Å². The van der Waals surface area contributed by atoms with E-state index in [0.717, 1.165) is 12.8 Å². The average molecular weight is 297 g/mol. The van der Waals surface area contributed by atoms with Gasteiger partial charge in [0.15, 0.2) is 6.61 Å². The van der Waals surface area contributed by atoms with Gasteiger partial charge in [-0.3, -0.25) is 4.79 Å². The minimum atomic E-state index is -0.879. The van der Waals surface area contributed by atoms with Crippen LogP contribution >= 0.6 is 0 Å². The third-order valence-corrected chi connectivity index (χ3v) is 3.38. The van der Waals surface area contributed by atoms with Gasteiger partial charge in [0, 0.05) is 30.9 Å². The smallest absolute Gasteiger partial charge is 0.258 e. The van der Waals surface area contributed by atoms with E-state index in [1.165, 1.54) is 25.1 Å². The van der Waals surface area contributed by atoms with Crippen molar-refractivity contribution < 1.29 is 23.8 Å². The second kappa shape index (κ2) is 7.38. The third kappa shape index (κ3) is 4.68. The largest absolute Gasteiger partial charge is 0.484 e. The summed E-state index contributed by atoms with van der Waals surface area (Å²) >= 11 is 0. The molecule has 0 unspecified atom stereocenters. The fourth-order valence-electron chi connectivity index (χ4n) is 2.20. The lowest BCUT2D eigenvalue weighted by molar-refractivity contribution is -0.124. The fourth-order valence-corrected chi connectivity index (χ4v) is 2.20. The number of ether oxygens (including phenoxy) is 2. The number of hydrogen-bond acceptors (Lipinski definition) is 4. The van der Waals surface area contributed by atoms with Gasteiger partial charge in [-0.05, 0) is 31.9 Å². The number of aliphatic hydroxyl groups excluding tert-OH is 1. The molecule has 0 saturated carbocycles. The zero-order valence-corrected chi connectivity index (χ0v) is 12.0. The maximum atomic E-state index is 13.6. The zero-order valence-electron chi connectivity index (χ0n) is 12.0. The molecule has 6 heteroatoms. The second-order valence-electron chi connectivity index (χ2n) is 5.10. The van der Waals surface area contributed by atoms with Gasteiger partial charge in [0.2, 0.25) is 0 Å². The van der Waals surface area contributed by atoms with Crippen LogP contribution in [0.2, 0.25) is 0 Å². The predicted octanol–water partition coefficient (Wildman–Crippen LogP) is 1.55.